The molecule has 0 saturated carbocycles. The average molecular weight is 436 g/mol. The molecule has 11 heteroatoms. The predicted octanol–water partition coefficient (Wildman–Crippen LogP) is 1.62. The molecule has 0 radical (unpaired) electrons. The summed E-state index contributed by atoms with van der Waals surface area (Å²) < 4.78 is 17.6. The molecule has 0 saturated heterocycles. The van der Waals surface area contributed by atoms with Gasteiger partial charge in [0, 0.05) is 25.2 Å². The van der Waals surface area contributed by atoms with Crippen molar-refractivity contribution in [2.24, 2.45) is 0 Å². The van der Waals surface area contributed by atoms with E-state index in [2.05, 4.69) is 35.8 Å². The van der Waals surface area contributed by atoms with Crippen LogP contribution in [0.2, 0.25) is 0 Å². The molecule has 2 heterocycles. The van der Waals surface area contributed by atoms with Gasteiger partial charge < -0.3 is 16.4 Å². The van der Waals surface area contributed by atoms with Gasteiger partial charge in [-0.25, -0.2) is 9.02 Å². The standard InChI is InChI=1S/C21H21FN8O2/c22-16-8-6-14(7-9-16)13-30-26-17(18(27-30)15-4-2-1-3-5-15)12-24-10-11-25-21(31)19-20(23)29-32-28-19/h1-9,24H,10-13H2,(H2,23,29)(H,25,31). The third-order valence-electron chi connectivity index (χ3n) is 4.62. The predicted molar refractivity (Wildman–Crippen MR) is 114 cm³/mol. The highest BCUT2D eigenvalue weighted by Crippen LogP contribution is 2.20. The molecule has 0 aliphatic heterocycles. The van der Waals surface area contributed by atoms with Crippen LogP contribution in [0.15, 0.2) is 59.2 Å². The number of nitrogen functional groups attached to an aromatic ring is 1. The summed E-state index contributed by atoms with van der Waals surface area (Å²) in [6.45, 7) is 1.69. The Morgan fingerprint density at radius 3 is 2.53 bits per heavy atom. The normalized spacial score (nSPS) is 10.9. The maximum atomic E-state index is 13.2. The highest BCUT2D eigenvalue weighted by Gasteiger charge is 2.16. The lowest BCUT2D eigenvalue weighted by molar-refractivity contribution is 0.0944. The number of carbonyl (C=O) groups excluding carboxylic acids is 1. The van der Waals surface area contributed by atoms with Gasteiger partial charge in [-0.1, -0.05) is 42.5 Å². The van der Waals surface area contributed by atoms with E-state index in [9.17, 15) is 9.18 Å². The van der Waals surface area contributed by atoms with Crippen LogP contribution in [-0.4, -0.2) is 44.3 Å². The van der Waals surface area contributed by atoms with Crippen molar-refractivity contribution in [1.29, 1.82) is 0 Å². The van der Waals surface area contributed by atoms with E-state index in [0.29, 0.717) is 26.2 Å². The molecule has 1 amide bonds. The maximum absolute atomic E-state index is 13.2. The molecular weight excluding hydrogens is 415 g/mol. The van der Waals surface area contributed by atoms with Crippen LogP contribution in [0.4, 0.5) is 10.2 Å². The number of nitrogens with one attached hydrogen (secondary N) is 2. The monoisotopic (exact) mass is 436 g/mol. The first-order valence-corrected chi connectivity index (χ1v) is 9.91. The second-order valence-electron chi connectivity index (χ2n) is 6.95. The zero-order valence-corrected chi connectivity index (χ0v) is 17.0. The van der Waals surface area contributed by atoms with Crippen molar-refractivity contribution in [3.05, 3.63) is 77.4 Å². The fourth-order valence-electron chi connectivity index (χ4n) is 3.05. The Kier molecular flexibility index (Phi) is 6.46. The Morgan fingerprint density at radius 1 is 1.03 bits per heavy atom. The highest BCUT2D eigenvalue weighted by atomic mass is 19.1. The lowest BCUT2D eigenvalue weighted by Crippen LogP contribution is -2.32. The summed E-state index contributed by atoms with van der Waals surface area (Å²) in [4.78, 5) is 13.6. The van der Waals surface area contributed by atoms with Gasteiger partial charge in [0.25, 0.3) is 5.91 Å². The lowest BCUT2D eigenvalue weighted by atomic mass is 10.1. The van der Waals surface area contributed by atoms with Crippen molar-refractivity contribution in [1.82, 2.24) is 35.9 Å². The molecular formula is C21H21FN8O2. The summed E-state index contributed by atoms with van der Waals surface area (Å²) in [5.74, 6) is -0.798. The number of nitrogens with two attached hydrogens (primary N) is 1. The van der Waals surface area contributed by atoms with E-state index in [-0.39, 0.29) is 17.3 Å². The van der Waals surface area contributed by atoms with Crippen molar-refractivity contribution in [3.63, 3.8) is 0 Å². The molecule has 0 aliphatic carbocycles. The molecule has 10 nitrogen and oxygen atoms in total. The van der Waals surface area contributed by atoms with Gasteiger partial charge in [0.1, 0.15) is 17.2 Å². The van der Waals surface area contributed by atoms with Gasteiger partial charge in [-0.2, -0.15) is 15.0 Å². The highest BCUT2D eigenvalue weighted by molar-refractivity contribution is 5.95. The summed E-state index contributed by atoms with van der Waals surface area (Å²) in [6, 6.07) is 16.0. The fraction of sp³-hybridized carbons (Fsp3) is 0.190. The molecule has 2 aromatic carbocycles. The van der Waals surface area contributed by atoms with Crippen LogP contribution in [0.1, 0.15) is 21.7 Å². The minimum atomic E-state index is -0.458. The van der Waals surface area contributed by atoms with E-state index in [4.69, 9.17) is 5.73 Å². The number of carbonyl (C=O) groups is 1. The minimum absolute atomic E-state index is 0.0416. The number of hydrogen-bond acceptors (Lipinski definition) is 8. The molecule has 0 atom stereocenters. The summed E-state index contributed by atoms with van der Waals surface area (Å²) in [7, 11) is 0. The first-order chi connectivity index (χ1) is 15.6. The zero-order chi connectivity index (χ0) is 22.3. The Morgan fingerprint density at radius 2 is 1.81 bits per heavy atom. The van der Waals surface area contributed by atoms with Crippen molar-refractivity contribution in [2.75, 3.05) is 18.8 Å². The van der Waals surface area contributed by atoms with E-state index < -0.39 is 5.91 Å². The fourth-order valence-corrected chi connectivity index (χ4v) is 3.05. The molecule has 0 bridgehead atoms. The van der Waals surface area contributed by atoms with E-state index in [1.165, 1.54) is 12.1 Å². The van der Waals surface area contributed by atoms with Gasteiger partial charge in [-0.05, 0) is 28.0 Å². The number of aromatic nitrogens is 5. The molecule has 0 unspecified atom stereocenters. The Labute approximate surface area is 182 Å². The number of halogens is 1. The third kappa shape index (κ3) is 5.13. The van der Waals surface area contributed by atoms with Crippen molar-refractivity contribution < 1.29 is 13.8 Å². The number of nitrogens with zero attached hydrogens (tertiary/aromatic N) is 5. The molecule has 0 aliphatic rings. The van der Waals surface area contributed by atoms with E-state index in [1.807, 2.05) is 30.3 Å². The van der Waals surface area contributed by atoms with Crippen LogP contribution < -0.4 is 16.4 Å². The molecule has 4 aromatic rings. The van der Waals surface area contributed by atoms with Gasteiger partial charge in [0.15, 0.2) is 0 Å². The smallest absolute Gasteiger partial charge is 0.277 e. The van der Waals surface area contributed by atoms with Gasteiger partial charge >= 0.3 is 0 Å². The van der Waals surface area contributed by atoms with Crippen molar-refractivity contribution in [2.45, 2.75) is 13.1 Å². The average Bonchev–Trinajstić information content (AvgIpc) is 3.41. The van der Waals surface area contributed by atoms with Crippen LogP contribution in [0.25, 0.3) is 11.3 Å². The Balaban J connectivity index is 1.39. The van der Waals surface area contributed by atoms with Crippen LogP contribution in [0.5, 0.6) is 0 Å². The summed E-state index contributed by atoms with van der Waals surface area (Å²) in [6.07, 6.45) is 0. The molecule has 2 aromatic heterocycles. The molecule has 4 N–H and O–H groups in total. The Bertz CT molecular complexity index is 1170. The van der Waals surface area contributed by atoms with Gasteiger partial charge in [0.2, 0.25) is 11.5 Å². The largest absolute Gasteiger partial charge is 0.379 e. The van der Waals surface area contributed by atoms with E-state index in [1.54, 1.807) is 16.9 Å². The van der Waals surface area contributed by atoms with E-state index in [0.717, 1.165) is 22.5 Å². The summed E-state index contributed by atoms with van der Waals surface area (Å²) >= 11 is 0. The Hall–Kier alpha value is -4.12. The number of benzene rings is 2. The second kappa shape index (κ2) is 9.79. The number of hydrogen-bond donors (Lipinski definition) is 3. The molecule has 0 fully saturated rings. The molecule has 32 heavy (non-hydrogen) atoms. The van der Waals surface area contributed by atoms with Gasteiger partial charge in [0.05, 0.1) is 6.54 Å². The number of amides is 1. The van der Waals surface area contributed by atoms with Crippen molar-refractivity contribution >= 4 is 11.7 Å². The number of anilines is 1. The third-order valence-corrected chi connectivity index (χ3v) is 4.62. The minimum Gasteiger partial charge on any atom is -0.379 e. The summed E-state index contributed by atoms with van der Waals surface area (Å²) in [5, 5.41) is 22.0. The van der Waals surface area contributed by atoms with E-state index >= 15 is 0 Å². The molecule has 0 spiro atoms. The van der Waals surface area contributed by atoms with Crippen LogP contribution >= 0.6 is 0 Å². The van der Waals surface area contributed by atoms with Crippen LogP contribution in [0, 0.1) is 5.82 Å². The van der Waals surface area contributed by atoms with Crippen molar-refractivity contribution in [3.8, 4) is 11.3 Å². The SMILES string of the molecule is Nc1nonc1C(=O)NCCNCc1nn(Cc2ccc(F)cc2)nc1-c1ccccc1. The summed E-state index contributed by atoms with van der Waals surface area (Å²) in [5.41, 5.74) is 8.81. The lowest BCUT2D eigenvalue weighted by Gasteiger charge is -2.05. The molecule has 164 valence electrons. The first-order valence-electron chi connectivity index (χ1n) is 9.91. The van der Waals surface area contributed by atoms with Crippen LogP contribution in [0.3, 0.4) is 0 Å². The number of rotatable bonds is 9. The second-order valence-corrected chi connectivity index (χ2v) is 6.95. The topological polar surface area (TPSA) is 137 Å². The van der Waals surface area contributed by atoms with Crippen LogP contribution in [-0.2, 0) is 13.1 Å². The quantitative estimate of drug-likeness (QED) is 0.337. The zero-order valence-electron chi connectivity index (χ0n) is 17.0. The van der Waals surface area contributed by atoms with Gasteiger partial charge in [-0.3, -0.25) is 4.79 Å². The van der Waals surface area contributed by atoms with Gasteiger partial charge in [-0.15, -0.1) is 0 Å². The molecule has 4 rings (SSSR count). The maximum Gasteiger partial charge on any atom is 0.277 e. The first kappa shape index (κ1) is 21.1.